The Morgan fingerprint density at radius 1 is 1.35 bits per heavy atom. The predicted molar refractivity (Wildman–Crippen MR) is 71.7 cm³/mol. The van der Waals surface area contributed by atoms with E-state index in [9.17, 15) is 0 Å². The molecule has 88 valence electrons. The van der Waals surface area contributed by atoms with E-state index in [-0.39, 0.29) is 0 Å². The zero-order chi connectivity index (χ0) is 11.7. The first-order valence-corrected chi connectivity index (χ1v) is 6.66. The maximum Gasteiger partial charge on any atom is 0.175 e. The van der Waals surface area contributed by atoms with E-state index in [0.717, 1.165) is 21.6 Å². The topological polar surface area (TPSA) is 55.6 Å². The lowest BCUT2D eigenvalue weighted by Gasteiger charge is -2.03. The minimum absolute atomic E-state index is 0.698. The number of nitrogens with one attached hydrogen (secondary N) is 1. The lowest BCUT2D eigenvalue weighted by Crippen LogP contribution is -2.16. The number of rotatable bonds is 4. The highest BCUT2D eigenvalue weighted by Crippen LogP contribution is 2.18. The van der Waals surface area contributed by atoms with Gasteiger partial charge in [0.1, 0.15) is 0 Å². The van der Waals surface area contributed by atoms with Gasteiger partial charge in [-0.25, -0.2) is 4.68 Å². The smallest absolute Gasteiger partial charge is 0.175 e. The number of halogens is 1. The minimum atomic E-state index is 0.698. The minimum Gasteiger partial charge on any atom is -0.308 e. The fraction of sp³-hybridized carbons (Fsp3) is 0.364. The highest BCUT2D eigenvalue weighted by atomic mass is 127. The molecular formula is C11H12IN5. The summed E-state index contributed by atoms with van der Waals surface area (Å²) in [5.41, 5.74) is 0.975. The Kier molecular flexibility index (Phi) is 3.06. The Morgan fingerprint density at radius 2 is 2.24 bits per heavy atom. The standard InChI is InChI=1S/C11H12IN5/c12-8-5-14-17(7-8)11-4-3-10(15-16-11)6-13-9-1-2-9/h3-5,7,9,13H,1-2,6H2. The molecule has 3 rings (SSSR count). The molecule has 0 radical (unpaired) electrons. The van der Waals surface area contributed by atoms with Crippen molar-refractivity contribution in [2.45, 2.75) is 25.4 Å². The number of hydrogen-bond acceptors (Lipinski definition) is 4. The van der Waals surface area contributed by atoms with Crippen LogP contribution >= 0.6 is 22.6 Å². The molecule has 0 aromatic carbocycles. The molecular weight excluding hydrogens is 329 g/mol. The van der Waals surface area contributed by atoms with Gasteiger partial charge in [0, 0.05) is 18.8 Å². The lowest BCUT2D eigenvalue weighted by atomic mass is 10.4. The van der Waals surface area contributed by atoms with Crippen molar-refractivity contribution in [2.24, 2.45) is 0 Å². The molecule has 1 aliphatic carbocycles. The second-order valence-corrected chi connectivity index (χ2v) is 5.39. The van der Waals surface area contributed by atoms with Gasteiger partial charge in [0.25, 0.3) is 0 Å². The van der Waals surface area contributed by atoms with E-state index in [1.165, 1.54) is 12.8 Å². The van der Waals surface area contributed by atoms with Crippen LogP contribution in [0.2, 0.25) is 0 Å². The van der Waals surface area contributed by atoms with Gasteiger partial charge in [-0.05, 0) is 47.6 Å². The number of aromatic nitrogens is 4. The van der Waals surface area contributed by atoms with Crippen LogP contribution in [0.3, 0.4) is 0 Å². The third-order valence-corrected chi connectivity index (χ3v) is 3.20. The van der Waals surface area contributed by atoms with Crippen molar-refractivity contribution in [3.05, 3.63) is 33.8 Å². The molecule has 17 heavy (non-hydrogen) atoms. The first-order chi connectivity index (χ1) is 8.31. The van der Waals surface area contributed by atoms with Crippen molar-refractivity contribution >= 4 is 22.6 Å². The summed E-state index contributed by atoms with van der Waals surface area (Å²) in [6.45, 7) is 0.800. The van der Waals surface area contributed by atoms with E-state index in [1.54, 1.807) is 10.9 Å². The van der Waals surface area contributed by atoms with Gasteiger partial charge in [0.15, 0.2) is 5.82 Å². The Hall–Kier alpha value is -1.02. The molecule has 0 atom stereocenters. The normalized spacial score (nSPS) is 15.1. The molecule has 2 aromatic heterocycles. The zero-order valence-electron chi connectivity index (χ0n) is 9.17. The molecule has 0 spiro atoms. The molecule has 2 aromatic rings. The molecule has 1 aliphatic rings. The van der Waals surface area contributed by atoms with Crippen molar-refractivity contribution in [2.75, 3.05) is 0 Å². The molecule has 1 N–H and O–H groups in total. The van der Waals surface area contributed by atoms with Gasteiger partial charge >= 0.3 is 0 Å². The highest BCUT2D eigenvalue weighted by Gasteiger charge is 2.20. The zero-order valence-corrected chi connectivity index (χ0v) is 11.3. The van der Waals surface area contributed by atoms with Crippen LogP contribution in [0.5, 0.6) is 0 Å². The largest absolute Gasteiger partial charge is 0.308 e. The van der Waals surface area contributed by atoms with Gasteiger partial charge in [-0.15, -0.1) is 5.10 Å². The van der Waals surface area contributed by atoms with Crippen LogP contribution in [0.4, 0.5) is 0 Å². The maximum absolute atomic E-state index is 4.19. The van der Waals surface area contributed by atoms with E-state index in [4.69, 9.17) is 0 Å². The molecule has 5 nitrogen and oxygen atoms in total. The summed E-state index contributed by atoms with van der Waals surface area (Å²) in [4.78, 5) is 0. The Labute approximate surface area is 113 Å². The van der Waals surface area contributed by atoms with E-state index < -0.39 is 0 Å². The van der Waals surface area contributed by atoms with Gasteiger partial charge in [-0.2, -0.15) is 10.2 Å². The van der Waals surface area contributed by atoms with Gasteiger partial charge in [0.2, 0.25) is 0 Å². The summed E-state index contributed by atoms with van der Waals surface area (Å²) in [6, 6.07) is 4.64. The molecule has 6 heteroatoms. The SMILES string of the molecule is Ic1cnn(-c2ccc(CNC3CC3)nn2)c1. The van der Waals surface area contributed by atoms with Crippen LogP contribution in [0.25, 0.3) is 5.82 Å². The van der Waals surface area contributed by atoms with Crippen LogP contribution in [0, 0.1) is 3.57 Å². The van der Waals surface area contributed by atoms with Gasteiger partial charge in [0.05, 0.1) is 15.5 Å². The summed E-state index contributed by atoms with van der Waals surface area (Å²) in [6.07, 6.45) is 6.30. The lowest BCUT2D eigenvalue weighted by molar-refractivity contribution is 0.661. The van der Waals surface area contributed by atoms with Crippen molar-refractivity contribution in [3.8, 4) is 5.82 Å². The van der Waals surface area contributed by atoms with Crippen LogP contribution in [0.1, 0.15) is 18.5 Å². The Bertz CT molecular complexity index is 503. The monoisotopic (exact) mass is 341 g/mol. The van der Waals surface area contributed by atoms with Crippen molar-refractivity contribution in [1.82, 2.24) is 25.3 Å². The molecule has 2 heterocycles. The van der Waals surface area contributed by atoms with E-state index >= 15 is 0 Å². The Balaban J connectivity index is 1.70. The van der Waals surface area contributed by atoms with Gasteiger partial charge < -0.3 is 5.32 Å². The number of hydrogen-bond donors (Lipinski definition) is 1. The van der Waals surface area contributed by atoms with Crippen LogP contribution in [0.15, 0.2) is 24.5 Å². The fourth-order valence-electron chi connectivity index (χ4n) is 1.53. The second kappa shape index (κ2) is 4.69. The van der Waals surface area contributed by atoms with E-state index in [2.05, 4.69) is 43.2 Å². The summed E-state index contributed by atoms with van der Waals surface area (Å²) in [5.74, 6) is 0.753. The van der Waals surface area contributed by atoms with E-state index in [0.29, 0.717) is 6.04 Å². The van der Waals surface area contributed by atoms with Crippen molar-refractivity contribution in [1.29, 1.82) is 0 Å². The summed E-state index contributed by atoms with van der Waals surface area (Å²) in [5, 5.41) is 16.0. The van der Waals surface area contributed by atoms with Crippen molar-refractivity contribution < 1.29 is 0 Å². The third-order valence-electron chi connectivity index (χ3n) is 2.64. The second-order valence-electron chi connectivity index (χ2n) is 4.14. The summed E-state index contributed by atoms with van der Waals surface area (Å²) in [7, 11) is 0. The van der Waals surface area contributed by atoms with Crippen LogP contribution in [-0.4, -0.2) is 26.0 Å². The predicted octanol–water partition coefficient (Wildman–Crippen LogP) is 1.52. The first kappa shape index (κ1) is 11.1. The average Bonchev–Trinajstić information content (AvgIpc) is 3.09. The molecule has 0 amide bonds. The van der Waals surface area contributed by atoms with Crippen LogP contribution < -0.4 is 5.32 Å². The molecule has 0 bridgehead atoms. The van der Waals surface area contributed by atoms with Gasteiger partial charge in [-0.3, -0.25) is 0 Å². The van der Waals surface area contributed by atoms with Crippen molar-refractivity contribution in [3.63, 3.8) is 0 Å². The number of nitrogens with zero attached hydrogens (tertiary/aromatic N) is 4. The average molecular weight is 341 g/mol. The third kappa shape index (κ3) is 2.81. The molecule has 0 saturated heterocycles. The van der Waals surface area contributed by atoms with E-state index in [1.807, 2.05) is 18.3 Å². The quantitative estimate of drug-likeness (QED) is 0.857. The first-order valence-electron chi connectivity index (χ1n) is 5.58. The molecule has 0 unspecified atom stereocenters. The maximum atomic E-state index is 4.19. The van der Waals surface area contributed by atoms with Crippen LogP contribution in [-0.2, 0) is 6.54 Å². The molecule has 1 fully saturated rings. The summed E-state index contributed by atoms with van der Waals surface area (Å²) < 4.78 is 2.82. The fourth-order valence-corrected chi connectivity index (χ4v) is 1.92. The molecule has 0 aliphatic heterocycles. The van der Waals surface area contributed by atoms with Gasteiger partial charge in [-0.1, -0.05) is 0 Å². The highest BCUT2D eigenvalue weighted by molar-refractivity contribution is 14.1. The summed E-state index contributed by atoms with van der Waals surface area (Å²) >= 11 is 2.22. The Morgan fingerprint density at radius 3 is 2.82 bits per heavy atom. The molecule has 1 saturated carbocycles.